The minimum atomic E-state index is -0.527. The highest BCUT2D eigenvalue weighted by molar-refractivity contribution is 5.87. The molecule has 2 N–H and O–H groups in total. The Hall–Kier alpha value is -2.08. The molecule has 1 aromatic carbocycles. The molecule has 0 unspecified atom stereocenters. The third-order valence-corrected chi connectivity index (χ3v) is 4.56. The molecule has 1 aliphatic heterocycles. The molecular weight excluding hydrogens is 318 g/mol. The molecule has 0 saturated carbocycles. The van der Waals surface area contributed by atoms with Crippen LogP contribution in [0, 0.1) is 0 Å². The molecule has 0 aromatic heterocycles. The fraction of sp³-hybridized carbons (Fsp3) is 0.579. The predicted octanol–water partition coefficient (Wildman–Crippen LogP) is 2.42. The van der Waals surface area contributed by atoms with Gasteiger partial charge in [0.05, 0.1) is 6.61 Å². The van der Waals surface area contributed by atoms with Gasteiger partial charge in [-0.25, -0.2) is 4.79 Å². The number of carbonyl (C=O) groups is 2. The van der Waals surface area contributed by atoms with Crippen LogP contribution >= 0.6 is 0 Å². The summed E-state index contributed by atoms with van der Waals surface area (Å²) in [6, 6.07) is 7.25. The summed E-state index contributed by atoms with van der Waals surface area (Å²) in [5.74, 6) is -0.00978. The lowest BCUT2D eigenvalue weighted by Crippen LogP contribution is -2.53. The molecule has 138 valence electrons. The summed E-state index contributed by atoms with van der Waals surface area (Å²) >= 11 is 0. The minimum absolute atomic E-state index is 0.00978. The highest BCUT2D eigenvalue weighted by Gasteiger charge is 2.27. The summed E-state index contributed by atoms with van der Waals surface area (Å²) in [4.78, 5) is 26.5. The molecule has 6 heteroatoms. The maximum absolute atomic E-state index is 12.5. The maximum atomic E-state index is 12.5. The number of piperidine rings is 1. The molecule has 0 spiro atoms. The summed E-state index contributed by atoms with van der Waals surface area (Å²) < 4.78 is 5.11. The molecule has 3 amide bonds. The highest BCUT2D eigenvalue weighted by atomic mass is 16.5. The molecule has 6 nitrogen and oxygen atoms in total. The molecule has 1 fully saturated rings. The van der Waals surface area contributed by atoms with Gasteiger partial charge in [-0.05, 0) is 44.2 Å². The van der Waals surface area contributed by atoms with Gasteiger partial charge in [-0.2, -0.15) is 0 Å². The standard InChI is InChI=1S/C19H29N3O3/c1-14-7-4-5-10-22(14)18(23)15(2)21-19(24)20-12-16-8-6-9-17(11-16)13-25-3/h6,8-9,11,14-15H,4-5,7,10,12-13H2,1-3H3,(H2,20,21,24)/t14-,15-/m0/s1. The quantitative estimate of drug-likeness (QED) is 0.830. The first-order valence-electron chi connectivity index (χ1n) is 8.93. The van der Waals surface area contributed by atoms with Crippen molar-refractivity contribution in [2.24, 2.45) is 0 Å². The Morgan fingerprint density at radius 3 is 2.80 bits per heavy atom. The Labute approximate surface area is 149 Å². The lowest BCUT2D eigenvalue weighted by Gasteiger charge is -2.35. The average molecular weight is 347 g/mol. The number of hydrogen-bond acceptors (Lipinski definition) is 3. The molecule has 0 aliphatic carbocycles. The monoisotopic (exact) mass is 347 g/mol. The third-order valence-electron chi connectivity index (χ3n) is 4.56. The highest BCUT2D eigenvalue weighted by Crippen LogP contribution is 2.17. The Morgan fingerprint density at radius 2 is 2.08 bits per heavy atom. The number of carbonyl (C=O) groups excluding carboxylic acids is 2. The third kappa shape index (κ3) is 5.74. The topological polar surface area (TPSA) is 70.7 Å². The fourth-order valence-electron chi connectivity index (χ4n) is 3.16. The molecule has 2 atom stereocenters. The lowest BCUT2D eigenvalue weighted by atomic mass is 10.0. The van der Waals surface area contributed by atoms with Gasteiger partial charge in [0.25, 0.3) is 0 Å². The summed E-state index contributed by atoms with van der Waals surface area (Å²) in [5, 5.41) is 5.55. The predicted molar refractivity (Wildman–Crippen MR) is 97.0 cm³/mol. The zero-order valence-electron chi connectivity index (χ0n) is 15.4. The van der Waals surface area contributed by atoms with Gasteiger partial charge in [0, 0.05) is 26.2 Å². The van der Waals surface area contributed by atoms with E-state index in [1.807, 2.05) is 29.2 Å². The van der Waals surface area contributed by atoms with Gasteiger partial charge in [-0.15, -0.1) is 0 Å². The number of amides is 3. The fourth-order valence-corrected chi connectivity index (χ4v) is 3.16. The molecule has 1 saturated heterocycles. The number of nitrogens with zero attached hydrogens (tertiary/aromatic N) is 1. The minimum Gasteiger partial charge on any atom is -0.380 e. The van der Waals surface area contributed by atoms with E-state index in [9.17, 15) is 9.59 Å². The van der Waals surface area contributed by atoms with Crippen molar-refractivity contribution in [1.82, 2.24) is 15.5 Å². The molecule has 2 rings (SSSR count). The van der Waals surface area contributed by atoms with Gasteiger partial charge in [0.2, 0.25) is 5.91 Å². The van der Waals surface area contributed by atoms with Crippen LogP contribution in [-0.4, -0.2) is 42.6 Å². The lowest BCUT2D eigenvalue weighted by molar-refractivity contribution is -0.136. The Morgan fingerprint density at radius 1 is 1.32 bits per heavy atom. The SMILES string of the molecule is COCc1cccc(CNC(=O)N[C@@H](C)C(=O)N2CCCC[C@@H]2C)c1. The Bertz CT molecular complexity index is 591. The van der Waals surface area contributed by atoms with E-state index in [4.69, 9.17) is 4.74 Å². The molecule has 1 aromatic rings. The summed E-state index contributed by atoms with van der Waals surface area (Å²) in [6.45, 7) is 5.53. The van der Waals surface area contributed by atoms with E-state index in [2.05, 4.69) is 17.6 Å². The van der Waals surface area contributed by atoms with Crippen molar-refractivity contribution in [2.75, 3.05) is 13.7 Å². The Kier molecular flexibility index (Phi) is 7.25. The van der Waals surface area contributed by atoms with Crippen LogP contribution in [0.3, 0.4) is 0 Å². The van der Waals surface area contributed by atoms with E-state index in [0.29, 0.717) is 13.2 Å². The zero-order valence-corrected chi connectivity index (χ0v) is 15.4. The molecule has 25 heavy (non-hydrogen) atoms. The van der Waals surface area contributed by atoms with Crippen LogP contribution in [0.25, 0.3) is 0 Å². The maximum Gasteiger partial charge on any atom is 0.315 e. The molecule has 0 radical (unpaired) electrons. The summed E-state index contributed by atoms with van der Waals surface area (Å²) in [6.07, 6.45) is 3.23. The van der Waals surface area contributed by atoms with Crippen molar-refractivity contribution >= 4 is 11.9 Å². The van der Waals surface area contributed by atoms with Crippen molar-refractivity contribution < 1.29 is 14.3 Å². The van der Waals surface area contributed by atoms with Crippen LogP contribution in [0.2, 0.25) is 0 Å². The van der Waals surface area contributed by atoms with E-state index >= 15 is 0 Å². The van der Waals surface area contributed by atoms with Crippen LogP contribution in [-0.2, 0) is 22.7 Å². The second-order valence-corrected chi connectivity index (χ2v) is 6.68. The summed E-state index contributed by atoms with van der Waals surface area (Å²) in [5.41, 5.74) is 2.05. The number of urea groups is 1. The number of benzene rings is 1. The van der Waals surface area contributed by atoms with Crippen molar-refractivity contribution in [1.29, 1.82) is 0 Å². The molecule has 1 aliphatic rings. The number of likely N-dealkylation sites (tertiary alicyclic amines) is 1. The largest absolute Gasteiger partial charge is 0.380 e. The number of nitrogens with one attached hydrogen (secondary N) is 2. The number of hydrogen-bond donors (Lipinski definition) is 2. The number of methoxy groups -OCH3 is 1. The van der Waals surface area contributed by atoms with Gasteiger partial charge in [-0.1, -0.05) is 24.3 Å². The van der Waals surface area contributed by atoms with Crippen LogP contribution in [0.5, 0.6) is 0 Å². The first kappa shape index (κ1) is 19.2. The van der Waals surface area contributed by atoms with Crippen molar-refractivity contribution in [3.63, 3.8) is 0 Å². The van der Waals surface area contributed by atoms with Gasteiger partial charge in [-0.3, -0.25) is 4.79 Å². The molecular formula is C19H29N3O3. The van der Waals surface area contributed by atoms with Crippen LogP contribution in [0.15, 0.2) is 24.3 Å². The van der Waals surface area contributed by atoms with Gasteiger partial charge in [0.1, 0.15) is 6.04 Å². The van der Waals surface area contributed by atoms with Crippen LogP contribution in [0.4, 0.5) is 4.79 Å². The normalized spacial score (nSPS) is 18.5. The smallest absolute Gasteiger partial charge is 0.315 e. The second kappa shape index (κ2) is 9.42. The van der Waals surface area contributed by atoms with Crippen molar-refractivity contribution in [3.8, 4) is 0 Å². The van der Waals surface area contributed by atoms with E-state index in [-0.39, 0.29) is 18.0 Å². The summed E-state index contributed by atoms with van der Waals surface area (Å²) in [7, 11) is 1.65. The van der Waals surface area contributed by atoms with Gasteiger partial charge >= 0.3 is 6.03 Å². The van der Waals surface area contributed by atoms with E-state index in [0.717, 1.165) is 36.9 Å². The van der Waals surface area contributed by atoms with Gasteiger partial charge < -0.3 is 20.3 Å². The van der Waals surface area contributed by atoms with E-state index in [1.165, 1.54) is 0 Å². The number of ether oxygens (including phenoxy) is 1. The average Bonchev–Trinajstić information content (AvgIpc) is 2.60. The van der Waals surface area contributed by atoms with Crippen LogP contribution in [0.1, 0.15) is 44.2 Å². The van der Waals surface area contributed by atoms with Crippen LogP contribution < -0.4 is 10.6 Å². The Balaban J connectivity index is 1.81. The van der Waals surface area contributed by atoms with Gasteiger partial charge in [0.15, 0.2) is 0 Å². The second-order valence-electron chi connectivity index (χ2n) is 6.68. The van der Waals surface area contributed by atoms with E-state index in [1.54, 1.807) is 14.0 Å². The first-order valence-corrected chi connectivity index (χ1v) is 8.93. The zero-order chi connectivity index (χ0) is 18.2. The first-order chi connectivity index (χ1) is 12.0. The van der Waals surface area contributed by atoms with Crippen molar-refractivity contribution in [2.45, 2.75) is 58.3 Å². The molecule has 0 bridgehead atoms. The number of rotatable bonds is 6. The van der Waals surface area contributed by atoms with Crippen molar-refractivity contribution in [3.05, 3.63) is 35.4 Å². The molecule has 1 heterocycles. The van der Waals surface area contributed by atoms with E-state index < -0.39 is 6.04 Å².